The van der Waals surface area contributed by atoms with E-state index in [2.05, 4.69) is 22.2 Å². The summed E-state index contributed by atoms with van der Waals surface area (Å²) in [4.78, 5) is 4.27. The lowest BCUT2D eigenvalue weighted by Gasteiger charge is -2.24. The number of fused-ring (bicyclic) bond motifs is 1. The number of nitrogens with two attached hydrogens (primary N) is 2. The molecule has 0 radical (unpaired) electrons. The number of benzene rings is 1. The van der Waals surface area contributed by atoms with E-state index in [0.29, 0.717) is 12.5 Å². The molecule has 5 heteroatoms. The zero-order chi connectivity index (χ0) is 12.5. The van der Waals surface area contributed by atoms with Crippen LogP contribution in [0.15, 0.2) is 24.3 Å². The summed E-state index contributed by atoms with van der Waals surface area (Å²) in [5.74, 6) is 1.36. The molecule has 0 bridgehead atoms. The number of nitrogen functional groups attached to an aromatic ring is 1. The van der Waals surface area contributed by atoms with Gasteiger partial charge in [0.15, 0.2) is 0 Å². The first-order chi connectivity index (χ1) is 8.78. The van der Waals surface area contributed by atoms with E-state index >= 15 is 0 Å². The lowest BCUT2D eigenvalue weighted by molar-refractivity contribution is 0.412. The molecule has 1 aliphatic rings. The van der Waals surface area contributed by atoms with Crippen LogP contribution in [0.1, 0.15) is 35.8 Å². The highest BCUT2D eigenvalue weighted by molar-refractivity contribution is 5.28. The molecule has 1 atom stereocenters. The minimum absolute atomic E-state index is 0.241. The summed E-state index contributed by atoms with van der Waals surface area (Å²) in [6, 6.07) is 8.61. The van der Waals surface area contributed by atoms with E-state index < -0.39 is 0 Å². The summed E-state index contributed by atoms with van der Waals surface area (Å²) in [5.41, 5.74) is 13.8. The van der Waals surface area contributed by atoms with E-state index in [1.54, 1.807) is 0 Å². The number of aryl methyl sites for hydroxylation is 1. The number of anilines is 1. The van der Waals surface area contributed by atoms with E-state index in [9.17, 15) is 0 Å². The molecule has 18 heavy (non-hydrogen) atoms. The lowest BCUT2D eigenvalue weighted by Crippen LogP contribution is -2.20. The molecular weight excluding hydrogens is 226 g/mol. The van der Waals surface area contributed by atoms with Crippen LogP contribution in [0.25, 0.3) is 0 Å². The van der Waals surface area contributed by atoms with Gasteiger partial charge in [-0.15, -0.1) is 5.10 Å². The van der Waals surface area contributed by atoms with Gasteiger partial charge in [-0.1, -0.05) is 24.3 Å². The smallest absolute Gasteiger partial charge is 0.239 e. The molecular formula is C13H17N5. The van der Waals surface area contributed by atoms with Crippen molar-refractivity contribution in [2.24, 2.45) is 5.73 Å². The Morgan fingerprint density at radius 3 is 3.11 bits per heavy atom. The zero-order valence-electron chi connectivity index (χ0n) is 10.2. The summed E-state index contributed by atoms with van der Waals surface area (Å²) >= 11 is 0. The highest BCUT2D eigenvalue weighted by Crippen LogP contribution is 2.30. The maximum absolute atomic E-state index is 5.69. The molecule has 4 N–H and O–H groups in total. The first kappa shape index (κ1) is 11.2. The van der Waals surface area contributed by atoms with Gasteiger partial charge < -0.3 is 11.5 Å². The molecule has 3 rings (SSSR count). The lowest BCUT2D eigenvalue weighted by atomic mass is 9.96. The van der Waals surface area contributed by atoms with Crippen LogP contribution in [0, 0.1) is 0 Å². The predicted molar refractivity (Wildman–Crippen MR) is 69.8 cm³/mol. The summed E-state index contributed by atoms with van der Waals surface area (Å²) in [5, 5.41) is 4.32. The van der Waals surface area contributed by atoms with Crippen LogP contribution in [-0.2, 0) is 13.0 Å². The van der Waals surface area contributed by atoms with E-state index in [1.807, 2.05) is 16.8 Å². The van der Waals surface area contributed by atoms with Crippen molar-refractivity contribution in [1.29, 1.82) is 0 Å². The third-order valence-corrected chi connectivity index (χ3v) is 3.46. The van der Waals surface area contributed by atoms with Gasteiger partial charge in [-0.05, 0) is 24.0 Å². The van der Waals surface area contributed by atoms with Crippen molar-refractivity contribution in [3.05, 3.63) is 41.2 Å². The standard InChI is InChI=1S/C13H17N5/c14-8-9-3-1-4-10(7-9)11-5-2-6-12-16-13(15)17-18(11)12/h1,3-4,7,11H,2,5-6,8,14H2,(H2,15,17). The quantitative estimate of drug-likeness (QED) is 0.831. The normalized spacial score (nSPS) is 18.6. The maximum atomic E-state index is 5.69. The van der Waals surface area contributed by atoms with Crippen molar-refractivity contribution in [3.63, 3.8) is 0 Å². The molecule has 0 saturated carbocycles. The van der Waals surface area contributed by atoms with Gasteiger partial charge >= 0.3 is 0 Å². The Bertz CT molecular complexity index is 560. The average Bonchev–Trinajstić information content (AvgIpc) is 2.78. The highest BCUT2D eigenvalue weighted by atomic mass is 15.4. The predicted octanol–water partition coefficient (Wildman–Crippen LogP) is 1.24. The summed E-state index contributed by atoms with van der Waals surface area (Å²) < 4.78 is 1.97. The fraction of sp³-hybridized carbons (Fsp3) is 0.385. The van der Waals surface area contributed by atoms with E-state index in [-0.39, 0.29) is 6.04 Å². The number of aromatic nitrogens is 3. The Morgan fingerprint density at radius 1 is 1.39 bits per heavy atom. The van der Waals surface area contributed by atoms with Gasteiger partial charge in [0.25, 0.3) is 0 Å². The minimum Gasteiger partial charge on any atom is -0.366 e. The Hall–Kier alpha value is -1.88. The number of hydrogen-bond donors (Lipinski definition) is 2. The molecule has 1 aromatic heterocycles. The van der Waals surface area contributed by atoms with Crippen LogP contribution < -0.4 is 11.5 Å². The van der Waals surface area contributed by atoms with Crippen LogP contribution in [0.3, 0.4) is 0 Å². The monoisotopic (exact) mass is 243 g/mol. The number of nitrogens with zero attached hydrogens (tertiary/aromatic N) is 3. The molecule has 5 nitrogen and oxygen atoms in total. The number of hydrogen-bond acceptors (Lipinski definition) is 4. The molecule has 1 unspecified atom stereocenters. The van der Waals surface area contributed by atoms with Crippen molar-refractivity contribution in [2.75, 3.05) is 5.73 Å². The van der Waals surface area contributed by atoms with Gasteiger partial charge in [0, 0.05) is 13.0 Å². The first-order valence-electron chi connectivity index (χ1n) is 6.27. The van der Waals surface area contributed by atoms with Crippen LogP contribution >= 0.6 is 0 Å². The number of rotatable bonds is 2. The van der Waals surface area contributed by atoms with Crippen molar-refractivity contribution in [3.8, 4) is 0 Å². The van der Waals surface area contributed by atoms with E-state index in [1.165, 1.54) is 5.56 Å². The van der Waals surface area contributed by atoms with Crippen LogP contribution in [0.5, 0.6) is 0 Å². The zero-order valence-corrected chi connectivity index (χ0v) is 10.2. The molecule has 1 aliphatic heterocycles. The fourth-order valence-electron chi connectivity index (χ4n) is 2.60. The molecule has 1 aromatic carbocycles. The fourth-order valence-corrected chi connectivity index (χ4v) is 2.60. The van der Waals surface area contributed by atoms with Crippen LogP contribution in [0.2, 0.25) is 0 Å². The Balaban J connectivity index is 2.02. The molecule has 2 aromatic rings. The topological polar surface area (TPSA) is 82.8 Å². The van der Waals surface area contributed by atoms with Gasteiger partial charge in [-0.3, -0.25) is 0 Å². The van der Waals surface area contributed by atoms with E-state index in [4.69, 9.17) is 11.5 Å². The highest BCUT2D eigenvalue weighted by Gasteiger charge is 2.23. The first-order valence-corrected chi connectivity index (χ1v) is 6.27. The summed E-state index contributed by atoms with van der Waals surface area (Å²) in [7, 11) is 0. The van der Waals surface area contributed by atoms with Crippen molar-refractivity contribution < 1.29 is 0 Å². The third kappa shape index (κ3) is 1.86. The molecule has 0 saturated heterocycles. The van der Waals surface area contributed by atoms with E-state index in [0.717, 1.165) is 30.7 Å². The second-order valence-corrected chi connectivity index (χ2v) is 4.69. The summed E-state index contributed by atoms with van der Waals surface area (Å²) in [6.07, 6.45) is 3.15. The molecule has 2 heterocycles. The van der Waals surface area contributed by atoms with Crippen molar-refractivity contribution in [2.45, 2.75) is 31.8 Å². The molecule has 94 valence electrons. The van der Waals surface area contributed by atoms with Crippen molar-refractivity contribution >= 4 is 5.95 Å². The Labute approximate surface area is 106 Å². The van der Waals surface area contributed by atoms with Crippen LogP contribution in [0.4, 0.5) is 5.95 Å². The molecule has 0 spiro atoms. The Morgan fingerprint density at radius 2 is 2.28 bits per heavy atom. The largest absolute Gasteiger partial charge is 0.366 e. The van der Waals surface area contributed by atoms with Gasteiger partial charge in [-0.25, -0.2) is 4.68 Å². The minimum atomic E-state index is 0.241. The maximum Gasteiger partial charge on any atom is 0.239 e. The second-order valence-electron chi connectivity index (χ2n) is 4.69. The molecule has 0 aliphatic carbocycles. The molecule has 0 amide bonds. The molecule has 0 fully saturated rings. The van der Waals surface area contributed by atoms with Gasteiger partial charge in [0.1, 0.15) is 5.82 Å². The van der Waals surface area contributed by atoms with Crippen LogP contribution in [-0.4, -0.2) is 14.8 Å². The van der Waals surface area contributed by atoms with Gasteiger partial charge in [0.05, 0.1) is 6.04 Å². The van der Waals surface area contributed by atoms with Crippen molar-refractivity contribution in [1.82, 2.24) is 14.8 Å². The Kier molecular flexibility index (Phi) is 2.76. The SMILES string of the molecule is NCc1cccc(C2CCCc3nc(N)nn32)c1. The second kappa shape index (κ2) is 4.42. The summed E-state index contributed by atoms with van der Waals surface area (Å²) in [6.45, 7) is 0.562. The third-order valence-electron chi connectivity index (χ3n) is 3.46. The van der Waals surface area contributed by atoms with Gasteiger partial charge in [0.2, 0.25) is 5.95 Å². The van der Waals surface area contributed by atoms with Gasteiger partial charge in [-0.2, -0.15) is 4.98 Å². The average molecular weight is 243 g/mol.